The number of hydrogen-bond donors (Lipinski definition) is 1. The van der Waals surface area contributed by atoms with E-state index in [9.17, 15) is 0 Å². The van der Waals surface area contributed by atoms with Gasteiger partial charge in [0.15, 0.2) is 0 Å². The normalized spacial score (nSPS) is 10.5. The third-order valence-electron chi connectivity index (χ3n) is 2.71. The highest BCUT2D eigenvalue weighted by atomic mass is 15.0. The van der Waals surface area contributed by atoms with Crippen LogP contribution in [0, 0.1) is 6.92 Å². The summed E-state index contributed by atoms with van der Waals surface area (Å²) >= 11 is 0. The van der Waals surface area contributed by atoms with Gasteiger partial charge in [-0.25, -0.2) is 0 Å². The second-order valence-electron chi connectivity index (χ2n) is 3.77. The van der Waals surface area contributed by atoms with Gasteiger partial charge < -0.3 is 10.3 Å². The topological polar surface area (TPSA) is 30.9 Å². The lowest BCUT2D eigenvalue weighted by Crippen LogP contribution is -1.99. The lowest BCUT2D eigenvalue weighted by Gasteiger charge is -2.04. The molecule has 0 spiro atoms. The molecule has 0 radical (unpaired) electrons. The fourth-order valence-electron chi connectivity index (χ4n) is 1.74. The summed E-state index contributed by atoms with van der Waals surface area (Å²) in [5.74, 6) is 0.848. The molecule has 0 saturated heterocycles. The zero-order valence-corrected chi connectivity index (χ0v) is 9.20. The Labute approximate surface area is 90.3 Å². The van der Waals surface area contributed by atoms with Crippen molar-refractivity contribution >= 4 is 5.82 Å². The Morgan fingerprint density at radius 3 is 2.33 bits per heavy atom. The molecule has 2 aromatic rings. The summed E-state index contributed by atoms with van der Waals surface area (Å²) in [6.45, 7) is 5.09. The predicted octanol–water partition coefficient (Wildman–Crippen LogP) is 3.07. The molecule has 78 valence electrons. The molecule has 2 nitrogen and oxygen atoms in total. The molecule has 0 saturated carbocycles. The van der Waals surface area contributed by atoms with Gasteiger partial charge in [-0.3, -0.25) is 0 Å². The van der Waals surface area contributed by atoms with E-state index in [1.54, 1.807) is 0 Å². The molecule has 1 aromatic carbocycles. The Kier molecular flexibility index (Phi) is 2.50. The van der Waals surface area contributed by atoms with Gasteiger partial charge in [-0.05, 0) is 25.5 Å². The molecule has 0 bridgehead atoms. The van der Waals surface area contributed by atoms with Gasteiger partial charge >= 0.3 is 0 Å². The van der Waals surface area contributed by atoms with E-state index in [1.807, 2.05) is 6.20 Å². The SMILES string of the molecule is CCn1ccc(-c2ccc(C)cc2)c1N. The van der Waals surface area contributed by atoms with E-state index in [0.717, 1.165) is 17.9 Å². The largest absolute Gasteiger partial charge is 0.385 e. The van der Waals surface area contributed by atoms with E-state index < -0.39 is 0 Å². The minimum absolute atomic E-state index is 0.848. The zero-order valence-electron chi connectivity index (χ0n) is 9.20. The fourth-order valence-corrected chi connectivity index (χ4v) is 1.74. The highest BCUT2D eigenvalue weighted by Gasteiger charge is 2.05. The minimum Gasteiger partial charge on any atom is -0.385 e. The molecule has 2 heteroatoms. The first-order chi connectivity index (χ1) is 7.22. The van der Waals surface area contributed by atoms with E-state index >= 15 is 0 Å². The molecule has 0 aliphatic heterocycles. The van der Waals surface area contributed by atoms with Gasteiger partial charge in [0.2, 0.25) is 0 Å². The van der Waals surface area contributed by atoms with Crippen molar-refractivity contribution < 1.29 is 0 Å². The van der Waals surface area contributed by atoms with E-state index in [2.05, 4.69) is 48.7 Å². The van der Waals surface area contributed by atoms with Crippen LogP contribution in [0.2, 0.25) is 0 Å². The molecule has 0 fully saturated rings. The number of nitrogens with two attached hydrogens (primary N) is 1. The maximum atomic E-state index is 6.05. The molecule has 1 aromatic heterocycles. The van der Waals surface area contributed by atoms with Gasteiger partial charge in [0, 0.05) is 18.3 Å². The third kappa shape index (κ3) is 1.75. The first-order valence-electron chi connectivity index (χ1n) is 5.24. The predicted molar refractivity (Wildman–Crippen MR) is 64.7 cm³/mol. The van der Waals surface area contributed by atoms with Gasteiger partial charge in [-0.1, -0.05) is 29.8 Å². The van der Waals surface area contributed by atoms with Crippen LogP contribution < -0.4 is 5.73 Å². The number of benzene rings is 1. The van der Waals surface area contributed by atoms with Crippen molar-refractivity contribution in [2.75, 3.05) is 5.73 Å². The van der Waals surface area contributed by atoms with Gasteiger partial charge in [0.1, 0.15) is 5.82 Å². The zero-order chi connectivity index (χ0) is 10.8. The highest BCUT2D eigenvalue weighted by Crippen LogP contribution is 2.26. The molecule has 1 heterocycles. The van der Waals surface area contributed by atoms with Crippen molar-refractivity contribution in [1.29, 1.82) is 0 Å². The van der Waals surface area contributed by atoms with E-state index in [0.29, 0.717) is 0 Å². The molecule has 15 heavy (non-hydrogen) atoms. The van der Waals surface area contributed by atoms with Crippen LogP contribution in [0.1, 0.15) is 12.5 Å². The number of aromatic nitrogens is 1. The Bertz CT molecular complexity index is 452. The molecular formula is C13H16N2. The van der Waals surface area contributed by atoms with Crippen LogP contribution >= 0.6 is 0 Å². The Balaban J connectivity index is 2.45. The van der Waals surface area contributed by atoms with Crippen molar-refractivity contribution in [2.24, 2.45) is 0 Å². The van der Waals surface area contributed by atoms with Crippen molar-refractivity contribution in [3.8, 4) is 11.1 Å². The lowest BCUT2D eigenvalue weighted by atomic mass is 10.1. The van der Waals surface area contributed by atoms with Gasteiger partial charge in [-0.2, -0.15) is 0 Å². The molecule has 2 rings (SSSR count). The molecule has 2 N–H and O–H groups in total. The third-order valence-corrected chi connectivity index (χ3v) is 2.71. The van der Waals surface area contributed by atoms with Crippen molar-refractivity contribution in [2.45, 2.75) is 20.4 Å². The van der Waals surface area contributed by atoms with Crippen LogP contribution in [0.4, 0.5) is 5.82 Å². The molecule has 0 atom stereocenters. The van der Waals surface area contributed by atoms with Crippen molar-refractivity contribution in [3.63, 3.8) is 0 Å². The van der Waals surface area contributed by atoms with Gasteiger partial charge in [0.05, 0.1) is 0 Å². The smallest absolute Gasteiger partial charge is 0.111 e. The average Bonchev–Trinajstić information content (AvgIpc) is 2.61. The standard InChI is InChI=1S/C13H16N2/c1-3-15-9-8-12(13(15)14)11-6-4-10(2)5-7-11/h4-9H,3,14H2,1-2H3. The maximum absolute atomic E-state index is 6.05. The highest BCUT2D eigenvalue weighted by molar-refractivity contribution is 5.74. The van der Waals surface area contributed by atoms with Crippen LogP contribution in [0.25, 0.3) is 11.1 Å². The summed E-state index contributed by atoms with van der Waals surface area (Å²) in [5.41, 5.74) is 9.63. The summed E-state index contributed by atoms with van der Waals surface area (Å²) in [6, 6.07) is 10.5. The summed E-state index contributed by atoms with van der Waals surface area (Å²) < 4.78 is 2.05. The van der Waals surface area contributed by atoms with Crippen LogP contribution in [0.5, 0.6) is 0 Å². The summed E-state index contributed by atoms with van der Waals surface area (Å²) in [5, 5.41) is 0. The number of hydrogen-bond acceptors (Lipinski definition) is 1. The molecule has 0 aliphatic carbocycles. The first kappa shape index (κ1) is 9.84. The second-order valence-corrected chi connectivity index (χ2v) is 3.77. The van der Waals surface area contributed by atoms with Crippen LogP contribution in [0.15, 0.2) is 36.5 Å². The summed E-state index contributed by atoms with van der Waals surface area (Å²) in [7, 11) is 0. The van der Waals surface area contributed by atoms with E-state index in [1.165, 1.54) is 11.1 Å². The molecular weight excluding hydrogens is 184 g/mol. The number of nitrogen functional groups attached to an aromatic ring is 1. The van der Waals surface area contributed by atoms with Crippen LogP contribution in [0.3, 0.4) is 0 Å². The lowest BCUT2D eigenvalue weighted by molar-refractivity contribution is 0.780. The van der Waals surface area contributed by atoms with Crippen LogP contribution in [-0.4, -0.2) is 4.57 Å². The van der Waals surface area contributed by atoms with Crippen molar-refractivity contribution in [3.05, 3.63) is 42.1 Å². The number of nitrogens with zero attached hydrogens (tertiary/aromatic N) is 1. The first-order valence-corrected chi connectivity index (χ1v) is 5.24. The Morgan fingerprint density at radius 2 is 1.80 bits per heavy atom. The number of anilines is 1. The summed E-state index contributed by atoms with van der Waals surface area (Å²) in [6.07, 6.45) is 2.03. The van der Waals surface area contributed by atoms with Gasteiger partial charge in [0.25, 0.3) is 0 Å². The Morgan fingerprint density at radius 1 is 1.13 bits per heavy atom. The van der Waals surface area contributed by atoms with Gasteiger partial charge in [-0.15, -0.1) is 0 Å². The minimum atomic E-state index is 0.848. The summed E-state index contributed by atoms with van der Waals surface area (Å²) in [4.78, 5) is 0. The maximum Gasteiger partial charge on any atom is 0.111 e. The monoisotopic (exact) mass is 200 g/mol. The van der Waals surface area contributed by atoms with Crippen molar-refractivity contribution in [1.82, 2.24) is 4.57 Å². The molecule has 0 unspecified atom stereocenters. The van der Waals surface area contributed by atoms with E-state index in [4.69, 9.17) is 5.73 Å². The number of aryl methyl sites for hydroxylation is 2. The van der Waals surface area contributed by atoms with E-state index in [-0.39, 0.29) is 0 Å². The van der Waals surface area contributed by atoms with Crippen LogP contribution in [-0.2, 0) is 6.54 Å². The molecule has 0 aliphatic rings. The average molecular weight is 200 g/mol. The fraction of sp³-hybridized carbons (Fsp3) is 0.231. The second kappa shape index (κ2) is 3.81. The Hall–Kier alpha value is -1.70. The number of rotatable bonds is 2. The quantitative estimate of drug-likeness (QED) is 0.793. The molecule has 0 amide bonds.